The molecule has 4 rings (SSSR count). The lowest BCUT2D eigenvalue weighted by molar-refractivity contribution is 0.235. The summed E-state index contributed by atoms with van der Waals surface area (Å²) in [5, 5.41) is 16.9. The van der Waals surface area contributed by atoms with Gasteiger partial charge in [0.05, 0.1) is 34.8 Å². The van der Waals surface area contributed by atoms with Crippen molar-refractivity contribution in [1.29, 1.82) is 5.26 Å². The first-order valence-electron chi connectivity index (χ1n) is 13.1. The fourth-order valence-corrected chi connectivity index (χ4v) is 6.24. The third kappa shape index (κ3) is 5.47. The Morgan fingerprint density at radius 3 is 2.64 bits per heavy atom. The highest BCUT2D eigenvalue weighted by Crippen LogP contribution is 2.50. The average molecular weight is 504 g/mol. The molecule has 1 aliphatic heterocycles. The van der Waals surface area contributed by atoms with Crippen LogP contribution in [0.1, 0.15) is 69.4 Å². The highest BCUT2D eigenvalue weighted by atomic mass is 32.1. The van der Waals surface area contributed by atoms with Crippen LogP contribution in [0.4, 0.5) is 0 Å². The minimum atomic E-state index is -0.404. The Balaban J connectivity index is 1.36. The van der Waals surface area contributed by atoms with Gasteiger partial charge in [0.15, 0.2) is 0 Å². The molecule has 3 unspecified atom stereocenters. The van der Waals surface area contributed by atoms with Crippen LogP contribution in [0.25, 0.3) is 0 Å². The zero-order valence-corrected chi connectivity index (χ0v) is 23.2. The molecule has 3 atom stereocenters. The molecule has 3 aliphatic rings. The molecule has 0 radical (unpaired) electrons. The van der Waals surface area contributed by atoms with Crippen molar-refractivity contribution in [2.24, 2.45) is 10.8 Å². The van der Waals surface area contributed by atoms with Crippen molar-refractivity contribution in [3.8, 4) is 6.07 Å². The van der Waals surface area contributed by atoms with Crippen molar-refractivity contribution in [1.82, 2.24) is 20.5 Å². The van der Waals surface area contributed by atoms with Gasteiger partial charge in [0.1, 0.15) is 0 Å². The molecule has 2 heterocycles. The zero-order valence-electron chi connectivity index (χ0n) is 22.4. The van der Waals surface area contributed by atoms with Crippen LogP contribution in [0.3, 0.4) is 0 Å². The molecule has 5 nitrogen and oxygen atoms in total. The number of likely N-dealkylation sites (tertiary alicyclic amines) is 1. The number of nitrogens with zero attached hydrogens (tertiary/aromatic N) is 3. The van der Waals surface area contributed by atoms with Crippen LogP contribution in [0.5, 0.6) is 0 Å². The van der Waals surface area contributed by atoms with Crippen LogP contribution in [-0.4, -0.2) is 35.1 Å². The van der Waals surface area contributed by atoms with E-state index in [0.29, 0.717) is 5.92 Å². The van der Waals surface area contributed by atoms with Crippen molar-refractivity contribution in [3.63, 3.8) is 0 Å². The van der Waals surface area contributed by atoms with Crippen molar-refractivity contribution < 1.29 is 0 Å². The average Bonchev–Trinajstić information content (AvgIpc) is 3.28. The molecular weight excluding hydrogens is 462 g/mol. The van der Waals surface area contributed by atoms with Gasteiger partial charge in [-0.05, 0) is 50.0 Å². The number of nitrogens with one attached hydrogen (secondary N) is 2. The van der Waals surface area contributed by atoms with E-state index in [1.165, 1.54) is 10.5 Å². The van der Waals surface area contributed by atoms with Crippen LogP contribution in [0, 0.1) is 29.1 Å². The Kier molecular flexibility index (Phi) is 7.52. The number of rotatable bonds is 10. The van der Waals surface area contributed by atoms with Gasteiger partial charge in [0.25, 0.3) is 0 Å². The van der Waals surface area contributed by atoms with Crippen LogP contribution in [-0.2, 0) is 0 Å². The first-order chi connectivity index (χ1) is 17.1. The van der Waals surface area contributed by atoms with E-state index in [2.05, 4.69) is 92.2 Å². The second-order valence-electron chi connectivity index (χ2n) is 11.6. The lowest BCUT2D eigenvalue weighted by Crippen LogP contribution is -2.49. The van der Waals surface area contributed by atoms with E-state index < -0.39 is 5.41 Å². The Labute approximate surface area is 221 Å². The number of aromatic nitrogens is 1. The van der Waals surface area contributed by atoms with Crippen LogP contribution < -0.4 is 10.6 Å². The minimum Gasteiger partial charge on any atom is -0.383 e. The first-order valence-corrected chi connectivity index (χ1v) is 14.0. The topological polar surface area (TPSA) is 64.0 Å². The summed E-state index contributed by atoms with van der Waals surface area (Å²) in [6.45, 7) is 23.7. The van der Waals surface area contributed by atoms with Crippen molar-refractivity contribution in [3.05, 3.63) is 76.7 Å². The summed E-state index contributed by atoms with van der Waals surface area (Å²) in [7, 11) is 0. The van der Waals surface area contributed by atoms with E-state index >= 15 is 0 Å². The highest BCUT2D eigenvalue weighted by molar-refractivity contribution is 7.09. The number of allylic oxidation sites excluding steroid dienone is 3. The van der Waals surface area contributed by atoms with E-state index in [9.17, 15) is 5.26 Å². The van der Waals surface area contributed by atoms with Gasteiger partial charge in [-0.3, -0.25) is 0 Å². The van der Waals surface area contributed by atoms with Crippen LogP contribution in [0.15, 0.2) is 66.1 Å². The number of aryl methyl sites for hydroxylation is 1. The lowest BCUT2D eigenvalue weighted by Gasteiger charge is -2.41. The Bertz CT molecular complexity index is 1120. The third-order valence-electron chi connectivity index (χ3n) is 7.90. The monoisotopic (exact) mass is 503 g/mol. The maximum Gasteiger partial charge on any atom is 0.0963 e. The number of hydrogen-bond acceptors (Lipinski definition) is 6. The molecular formula is C30H41N5S. The summed E-state index contributed by atoms with van der Waals surface area (Å²) in [5.74, 6) is 0.436. The van der Waals surface area contributed by atoms with Gasteiger partial charge in [0.2, 0.25) is 0 Å². The molecule has 36 heavy (non-hydrogen) atoms. The molecule has 0 bridgehead atoms. The maximum absolute atomic E-state index is 9.63. The fourth-order valence-electron chi connectivity index (χ4n) is 5.35. The summed E-state index contributed by atoms with van der Waals surface area (Å²) < 4.78 is 0. The standard InChI is InChI=1S/C30H41N5S/c1-20(32-17-24-10-12-25(13-11-24)27-21(2)33-19-36-27)26-9-8-16-35(26)22(3)28(29(5,6)7)34-23(4)30(18-31)14-15-30/h10-12,19,25-26,28,32,34H,1,3-4,8-9,13-17H2,2,5-7H3. The Morgan fingerprint density at radius 2 is 2.08 bits per heavy atom. The highest BCUT2D eigenvalue weighted by Gasteiger charge is 2.48. The third-order valence-corrected chi connectivity index (χ3v) is 8.96. The predicted octanol–water partition coefficient (Wildman–Crippen LogP) is 6.32. The molecule has 1 saturated heterocycles. The second-order valence-corrected chi connectivity index (χ2v) is 12.5. The Morgan fingerprint density at radius 1 is 1.33 bits per heavy atom. The van der Waals surface area contributed by atoms with Gasteiger partial charge in [-0.2, -0.15) is 5.26 Å². The largest absolute Gasteiger partial charge is 0.383 e. The van der Waals surface area contributed by atoms with Gasteiger partial charge in [0, 0.05) is 41.0 Å². The number of nitriles is 1. The quantitative estimate of drug-likeness (QED) is 0.391. The van der Waals surface area contributed by atoms with Crippen molar-refractivity contribution >= 4 is 11.3 Å². The van der Waals surface area contributed by atoms with Gasteiger partial charge >= 0.3 is 0 Å². The molecule has 0 amide bonds. The second kappa shape index (κ2) is 10.3. The molecule has 2 fully saturated rings. The summed E-state index contributed by atoms with van der Waals surface area (Å²) >= 11 is 1.75. The summed E-state index contributed by atoms with van der Waals surface area (Å²) in [4.78, 5) is 8.18. The molecule has 192 valence electrons. The lowest BCUT2D eigenvalue weighted by atomic mass is 9.83. The van der Waals surface area contributed by atoms with E-state index in [1.54, 1.807) is 11.3 Å². The normalized spacial score (nSPS) is 23.4. The molecule has 6 heteroatoms. The number of hydrogen-bond donors (Lipinski definition) is 2. The van der Waals surface area contributed by atoms with Gasteiger partial charge in [-0.1, -0.05) is 58.7 Å². The molecule has 1 aromatic rings. The zero-order chi connectivity index (χ0) is 26.1. The van der Waals surface area contributed by atoms with Crippen molar-refractivity contribution in [2.75, 3.05) is 13.1 Å². The van der Waals surface area contributed by atoms with Gasteiger partial charge in [-0.15, -0.1) is 11.3 Å². The SMILES string of the molecule is C=C(NCC1=CCC(c2scnc2C)C=C1)C1CCCN1C(=C)C(NC(=C)C1(C#N)CC1)C(C)(C)C. The smallest absolute Gasteiger partial charge is 0.0963 e. The van der Waals surface area contributed by atoms with Crippen LogP contribution in [0.2, 0.25) is 0 Å². The molecule has 0 spiro atoms. The minimum absolute atomic E-state index is 0.000317. The Hall–Kier alpha value is -2.78. The number of thiazole rings is 1. The first kappa shape index (κ1) is 26.3. The van der Waals surface area contributed by atoms with E-state index in [0.717, 1.165) is 68.0 Å². The van der Waals surface area contributed by atoms with Gasteiger partial charge in [-0.25, -0.2) is 4.98 Å². The van der Waals surface area contributed by atoms with Crippen molar-refractivity contribution in [2.45, 2.75) is 77.8 Å². The molecule has 1 saturated carbocycles. The van der Waals surface area contributed by atoms with E-state index in [4.69, 9.17) is 0 Å². The molecule has 1 aromatic heterocycles. The van der Waals surface area contributed by atoms with Gasteiger partial charge < -0.3 is 15.5 Å². The summed E-state index contributed by atoms with van der Waals surface area (Å²) in [6, 6.07) is 2.68. The summed E-state index contributed by atoms with van der Waals surface area (Å²) in [5.41, 5.74) is 6.85. The fraction of sp³-hybridized carbons (Fsp3) is 0.533. The molecule has 2 aliphatic carbocycles. The van der Waals surface area contributed by atoms with E-state index in [-0.39, 0.29) is 17.5 Å². The maximum atomic E-state index is 9.63. The predicted molar refractivity (Wildman–Crippen MR) is 150 cm³/mol. The summed E-state index contributed by atoms with van der Waals surface area (Å²) in [6.07, 6.45) is 11.9. The van der Waals surface area contributed by atoms with E-state index in [1.807, 2.05) is 5.51 Å². The molecule has 2 N–H and O–H groups in total. The van der Waals surface area contributed by atoms with Crippen LogP contribution >= 0.6 is 11.3 Å². The molecule has 0 aromatic carbocycles.